The Hall–Kier alpha value is -2.42. The lowest BCUT2D eigenvalue weighted by Gasteiger charge is -2.35. The Balaban J connectivity index is 1.66. The molecule has 1 aliphatic rings. The molecular formula is C27H30F2O. The molecule has 3 aromatic rings. The molecule has 0 aliphatic carbocycles. The summed E-state index contributed by atoms with van der Waals surface area (Å²) < 4.78 is 34.4. The van der Waals surface area contributed by atoms with Crippen molar-refractivity contribution in [2.75, 3.05) is 0 Å². The second kappa shape index (κ2) is 8.37. The molecule has 0 aromatic heterocycles. The molecule has 30 heavy (non-hydrogen) atoms. The van der Waals surface area contributed by atoms with Crippen molar-refractivity contribution in [3.8, 4) is 16.9 Å². The number of alkyl halides is 2. The molecular weight excluding hydrogens is 378 g/mol. The van der Waals surface area contributed by atoms with Crippen LogP contribution < -0.4 is 4.74 Å². The fraction of sp³-hybridized carbons (Fsp3) is 0.407. The Bertz CT molecular complexity index is 1020. The number of hydrogen-bond donors (Lipinski definition) is 0. The van der Waals surface area contributed by atoms with E-state index in [-0.39, 0.29) is 0 Å². The highest BCUT2D eigenvalue weighted by atomic mass is 19.3. The van der Waals surface area contributed by atoms with Gasteiger partial charge in [-0.3, -0.25) is 0 Å². The molecule has 0 fully saturated rings. The van der Waals surface area contributed by atoms with Crippen LogP contribution in [0.1, 0.15) is 51.2 Å². The third-order valence-corrected chi connectivity index (χ3v) is 6.38. The van der Waals surface area contributed by atoms with Gasteiger partial charge in [0.25, 0.3) is 5.92 Å². The summed E-state index contributed by atoms with van der Waals surface area (Å²) in [7, 11) is 0. The van der Waals surface area contributed by atoms with Crippen LogP contribution >= 0.6 is 0 Å². The summed E-state index contributed by atoms with van der Waals surface area (Å²) >= 11 is 0. The third-order valence-electron chi connectivity index (χ3n) is 6.38. The van der Waals surface area contributed by atoms with Gasteiger partial charge < -0.3 is 4.74 Å². The third kappa shape index (κ3) is 4.08. The Morgan fingerprint density at radius 1 is 1.00 bits per heavy atom. The van der Waals surface area contributed by atoms with Gasteiger partial charge in [-0.05, 0) is 66.3 Å². The molecule has 0 saturated heterocycles. The molecule has 0 bridgehead atoms. The molecule has 3 aromatic carbocycles. The summed E-state index contributed by atoms with van der Waals surface area (Å²) in [5.41, 5.74) is 4.81. The number of hydrogen-bond acceptors (Lipinski definition) is 1. The van der Waals surface area contributed by atoms with Gasteiger partial charge in [-0.15, -0.1) is 0 Å². The van der Waals surface area contributed by atoms with E-state index in [4.69, 9.17) is 4.74 Å². The predicted molar refractivity (Wildman–Crippen MR) is 121 cm³/mol. The number of rotatable bonds is 6. The lowest BCUT2D eigenvalue weighted by atomic mass is 9.86. The zero-order valence-corrected chi connectivity index (χ0v) is 18.1. The van der Waals surface area contributed by atoms with Gasteiger partial charge in [0.1, 0.15) is 11.9 Å². The van der Waals surface area contributed by atoms with Gasteiger partial charge in [-0.1, -0.05) is 68.8 Å². The van der Waals surface area contributed by atoms with Crippen molar-refractivity contribution in [2.45, 2.75) is 64.9 Å². The normalized spacial score (nSPS) is 17.4. The van der Waals surface area contributed by atoms with Crippen LogP contribution in [0, 0.1) is 5.92 Å². The Morgan fingerprint density at radius 2 is 1.73 bits per heavy atom. The minimum Gasteiger partial charge on any atom is -0.489 e. The van der Waals surface area contributed by atoms with E-state index in [0.29, 0.717) is 12.8 Å². The predicted octanol–water partition coefficient (Wildman–Crippen LogP) is 7.83. The van der Waals surface area contributed by atoms with Gasteiger partial charge in [-0.25, -0.2) is 8.78 Å². The minimum atomic E-state index is -2.74. The maximum Gasteiger partial charge on any atom is 0.251 e. The standard InChI is InChI=1S/C27H30F2O/c1-4-6-18-7-9-19(10-8-18)21-13-15-23-22(17-21)12-11-20-14-16-25(30-26(20)23)24(5-2)27(3,28)29/h7-13,15,17,24-25H,4-6,14,16H2,1-3H3. The molecule has 1 heterocycles. The quantitative estimate of drug-likeness (QED) is 0.404. The first kappa shape index (κ1) is 20.8. The van der Waals surface area contributed by atoms with E-state index >= 15 is 0 Å². The highest BCUT2D eigenvalue weighted by molar-refractivity contribution is 5.93. The van der Waals surface area contributed by atoms with Crippen molar-refractivity contribution in [3.63, 3.8) is 0 Å². The van der Waals surface area contributed by atoms with Crippen LogP contribution in [0.3, 0.4) is 0 Å². The molecule has 1 nitrogen and oxygen atoms in total. The molecule has 0 radical (unpaired) electrons. The van der Waals surface area contributed by atoms with Crippen LogP contribution in [0.4, 0.5) is 8.78 Å². The van der Waals surface area contributed by atoms with Crippen LogP contribution in [0.25, 0.3) is 21.9 Å². The topological polar surface area (TPSA) is 9.23 Å². The highest BCUT2D eigenvalue weighted by Gasteiger charge is 2.41. The van der Waals surface area contributed by atoms with E-state index < -0.39 is 17.9 Å². The fourth-order valence-electron chi connectivity index (χ4n) is 4.75. The molecule has 4 rings (SSSR count). The molecule has 0 saturated carbocycles. The largest absolute Gasteiger partial charge is 0.489 e. The van der Waals surface area contributed by atoms with Crippen molar-refractivity contribution >= 4 is 10.8 Å². The highest BCUT2D eigenvalue weighted by Crippen LogP contribution is 2.41. The Morgan fingerprint density at radius 3 is 2.40 bits per heavy atom. The first-order valence-electron chi connectivity index (χ1n) is 11.1. The van der Waals surface area contributed by atoms with Gasteiger partial charge in [0.15, 0.2) is 0 Å². The summed E-state index contributed by atoms with van der Waals surface area (Å²) in [6.45, 7) is 5.03. The molecule has 1 aliphatic heterocycles. The first-order valence-corrected chi connectivity index (χ1v) is 11.1. The second-order valence-corrected chi connectivity index (χ2v) is 8.60. The van der Waals surface area contributed by atoms with E-state index in [1.807, 2.05) is 6.92 Å². The average Bonchev–Trinajstić information content (AvgIpc) is 2.73. The van der Waals surface area contributed by atoms with Crippen LogP contribution in [-0.4, -0.2) is 12.0 Å². The smallest absolute Gasteiger partial charge is 0.251 e. The van der Waals surface area contributed by atoms with Gasteiger partial charge >= 0.3 is 0 Å². The van der Waals surface area contributed by atoms with E-state index in [1.165, 1.54) is 11.1 Å². The summed E-state index contributed by atoms with van der Waals surface area (Å²) in [6.07, 6.45) is 3.62. The van der Waals surface area contributed by atoms with Gasteiger partial charge in [0.05, 0.1) is 5.92 Å². The van der Waals surface area contributed by atoms with Crippen LogP contribution in [0.5, 0.6) is 5.75 Å². The zero-order valence-electron chi connectivity index (χ0n) is 18.1. The van der Waals surface area contributed by atoms with Crippen LogP contribution in [0.2, 0.25) is 0 Å². The molecule has 3 heteroatoms. The van der Waals surface area contributed by atoms with E-state index in [1.54, 1.807) is 0 Å². The summed E-state index contributed by atoms with van der Waals surface area (Å²) in [4.78, 5) is 0. The molecule has 2 unspecified atom stereocenters. The van der Waals surface area contributed by atoms with Crippen molar-refractivity contribution in [1.29, 1.82) is 0 Å². The van der Waals surface area contributed by atoms with Crippen molar-refractivity contribution in [1.82, 2.24) is 0 Å². The second-order valence-electron chi connectivity index (χ2n) is 8.60. The van der Waals surface area contributed by atoms with Crippen molar-refractivity contribution in [2.24, 2.45) is 5.92 Å². The maximum atomic E-state index is 14.1. The van der Waals surface area contributed by atoms with Gasteiger partial charge in [0, 0.05) is 5.39 Å². The van der Waals surface area contributed by atoms with E-state index in [2.05, 4.69) is 61.5 Å². The number of aryl methyl sites for hydroxylation is 2. The van der Waals surface area contributed by atoms with Gasteiger partial charge in [-0.2, -0.15) is 0 Å². The number of benzene rings is 3. The zero-order chi connectivity index (χ0) is 21.3. The molecule has 2 atom stereocenters. The minimum absolute atomic E-state index is 0.409. The number of ether oxygens (including phenoxy) is 1. The summed E-state index contributed by atoms with van der Waals surface area (Å²) in [5, 5.41) is 2.10. The van der Waals surface area contributed by atoms with E-state index in [9.17, 15) is 8.78 Å². The average molecular weight is 409 g/mol. The number of halogens is 2. The maximum absolute atomic E-state index is 14.1. The van der Waals surface area contributed by atoms with Crippen molar-refractivity contribution < 1.29 is 13.5 Å². The molecule has 0 N–H and O–H groups in total. The summed E-state index contributed by atoms with van der Waals surface area (Å²) in [5.74, 6) is -2.71. The van der Waals surface area contributed by atoms with Crippen LogP contribution in [0.15, 0.2) is 54.6 Å². The lowest BCUT2D eigenvalue weighted by molar-refractivity contribution is -0.0874. The van der Waals surface area contributed by atoms with Crippen LogP contribution in [-0.2, 0) is 12.8 Å². The monoisotopic (exact) mass is 408 g/mol. The molecule has 0 spiro atoms. The Labute approximate surface area is 178 Å². The SMILES string of the molecule is CCCc1ccc(-c2ccc3c4c(ccc3c2)CCC(C(CC)C(C)(F)F)O4)cc1. The fourth-order valence-corrected chi connectivity index (χ4v) is 4.75. The number of fused-ring (bicyclic) bond motifs is 3. The summed E-state index contributed by atoms with van der Waals surface area (Å²) in [6, 6.07) is 19.3. The first-order chi connectivity index (χ1) is 14.4. The lowest BCUT2D eigenvalue weighted by Crippen LogP contribution is -2.40. The Kier molecular flexibility index (Phi) is 5.81. The molecule has 158 valence electrons. The molecule has 0 amide bonds. The van der Waals surface area contributed by atoms with Crippen molar-refractivity contribution in [3.05, 3.63) is 65.7 Å². The van der Waals surface area contributed by atoms with Gasteiger partial charge in [0.2, 0.25) is 0 Å². The van der Waals surface area contributed by atoms with E-state index in [0.717, 1.165) is 53.8 Å².